The lowest BCUT2D eigenvalue weighted by molar-refractivity contribution is 0.532. The molecule has 0 aromatic heterocycles. The van der Waals surface area contributed by atoms with Crippen molar-refractivity contribution in [1.82, 2.24) is 0 Å². The Morgan fingerprint density at radius 2 is 1.45 bits per heavy atom. The van der Waals surface area contributed by atoms with Gasteiger partial charge < -0.3 is 5.73 Å². The second kappa shape index (κ2) is 11.3. The maximum atomic E-state index is 5.93. The highest BCUT2D eigenvalue weighted by Crippen LogP contribution is 2.23. The van der Waals surface area contributed by atoms with Crippen molar-refractivity contribution >= 4 is 15.9 Å². The van der Waals surface area contributed by atoms with Crippen LogP contribution in [0.25, 0.3) is 0 Å². The molecule has 0 aliphatic rings. The molecule has 114 valence electrons. The quantitative estimate of drug-likeness (QED) is 0.490. The summed E-state index contributed by atoms with van der Waals surface area (Å²) in [6, 6.07) is 8.64. The highest BCUT2D eigenvalue weighted by Gasteiger charge is 2.08. The lowest BCUT2D eigenvalue weighted by atomic mass is 9.93. The summed E-state index contributed by atoms with van der Waals surface area (Å²) >= 11 is 3.48. The second-order valence-corrected chi connectivity index (χ2v) is 6.66. The van der Waals surface area contributed by atoms with Crippen molar-refractivity contribution in [2.75, 3.05) is 6.54 Å². The van der Waals surface area contributed by atoms with Gasteiger partial charge >= 0.3 is 0 Å². The van der Waals surface area contributed by atoms with Gasteiger partial charge in [-0.3, -0.25) is 0 Å². The third-order valence-electron chi connectivity index (χ3n) is 4.03. The van der Waals surface area contributed by atoms with Crippen LogP contribution in [-0.4, -0.2) is 6.54 Å². The minimum atomic E-state index is 0.531. The van der Waals surface area contributed by atoms with Gasteiger partial charge in [-0.1, -0.05) is 86.4 Å². The summed E-state index contributed by atoms with van der Waals surface area (Å²) < 4.78 is 1.14. The number of hydrogen-bond acceptors (Lipinski definition) is 1. The Bertz CT molecular complexity index is 334. The largest absolute Gasteiger partial charge is 0.330 e. The van der Waals surface area contributed by atoms with Crippen molar-refractivity contribution in [1.29, 1.82) is 0 Å². The molecular weight excluding hydrogens is 310 g/mol. The van der Waals surface area contributed by atoms with E-state index < -0.39 is 0 Å². The molecule has 0 saturated carbocycles. The summed E-state index contributed by atoms with van der Waals surface area (Å²) in [5.41, 5.74) is 7.31. The Balaban J connectivity index is 2.14. The number of unbranched alkanes of at least 4 members (excludes halogenated alkanes) is 7. The molecule has 0 amide bonds. The van der Waals surface area contributed by atoms with Crippen molar-refractivity contribution in [2.45, 2.75) is 70.6 Å². The molecule has 0 saturated heterocycles. The van der Waals surface area contributed by atoms with E-state index in [-0.39, 0.29) is 0 Å². The van der Waals surface area contributed by atoms with Gasteiger partial charge in [0, 0.05) is 4.47 Å². The SMILES string of the molecule is CCCCCCCCCCC(CN)c1ccc(Br)cc1. The standard InChI is InChI=1S/C18H30BrN/c1-2-3-4-5-6-7-8-9-10-17(15-20)16-11-13-18(19)14-12-16/h11-14,17H,2-10,15,20H2,1H3. The molecule has 1 rings (SSSR count). The molecule has 20 heavy (non-hydrogen) atoms. The van der Waals surface area contributed by atoms with Gasteiger partial charge in [-0.15, -0.1) is 0 Å². The Kier molecular flexibility index (Phi) is 10.0. The minimum absolute atomic E-state index is 0.531. The zero-order chi connectivity index (χ0) is 14.6. The van der Waals surface area contributed by atoms with E-state index in [0.717, 1.165) is 11.0 Å². The number of rotatable bonds is 11. The van der Waals surface area contributed by atoms with Gasteiger partial charge in [-0.05, 0) is 36.6 Å². The Morgan fingerprint density at radius 3 is 2.00 bits per heavy atom. The maximum absolute atomic E-state index is 5.93. The summed E-state index contributed by atoms with van der Waals surface area (Å²) in [7, 11) is 0. The van der Waals surface area contributed by atoms with E-state index in [1.807, 2.05) is 0 Å². The Labute approximate surface area is 133 Å². The predicted octanol–water partition coefficient (Wildman–Crippen LogP) is 6.02. The average Bonchev–Trinajstić information content (AvgIpc) is 2.47. The summed E-state index contributed by atoms with van der Waals surface area (Å²) in [4.78, 5) is 0. The van der Waals surface area contributed by atoms with Gasteiger partial charge in [-0.25, -0.2) is 0 Å². The fourth-order valence-electron chi connectivity index (χ4n) is 2.68. The van der Waals surface area contributed by atoms with Crippen LogP contribution in [0.2, 0.25) is 0 Å². The first-order valence-corrected chi connectivity index (χ1v) is 9.02. The maximum Gasteiger partial charge on any atom is 0.0175 e. The van der Waals surface area contributed by atoms with Crippen LogP contribution in [0.1, 0.15) is 76.2 Å². The van der Waals surface area contributed by atoms with E-state index in [1.165, 1.54) is 63.4 Å². The molecule has 1 nitrogen and oxygen atoms in total. The molecule has 0 fully saturated rings. The van der Waals surface area contributed by atoms with E-state index in [2.05, 4.69) is 47.1 Å². The summed E-state index contributed by atoms with van der Waals surface area (Å²) in [6.07, 6.45) is 12.3. The molecule has 2 heteroatoms. The molecule has 1 aromatic rings. The third kappa shape index (κ3) is 7.44. The van der Waals surface area contributed by atoms with Crippen LogP contribution in [0.4, 0.5) is 0 Å². The second-order valence-electron chi connectivity index (χ2n) is 5.75. The van der Waals surface area contributed by atoms with Crippen LogP contribution in [0.15, 0.2) is 28.7 Å². The first-order valence-electron chi connectivity index (χ1n) is 8.23. The van der Waals surface area contributed by atoms with Crippen LogP contribution >= 0.6 is 15.9 Å². The van der Waals surface area contributed by atoms with Crippen molar-refractivity contribution in [2.24, 2.45) is 5.73 Å². The zero-order valence-electron chi connectivity index (χ0n) is 12.9. The molecule has 0 heterocycles. The number of benzene rings is 1. The molecule has 0 aliphatic heterocycles. The van der Waals surface area contributed by atoms with E-state index in [9.17, 15) is 0 Å². The molecule has 2 N–H and O–H groups in total. The van der Waals surface area contributed by atoms with E-state index in [1.54, 1.807) is 0 Å². The van der Waals surface area contributed by atoms with Crippen molar-refractivity contribution in [3.05, 3.63) is 34.3 Å². The van der Waals surface area contributed by atoms with Gasteiger partial charge in [0.05, 0.1) is 0 Å². The molecule has 1 aromatic carbocycles. The van der Waals surface area contributed by atoms with E-state index in [4.69, 9.17) is 5.73 Å². The van der Waals surface area contributed by atoms with Crippen LogP contribution < -0.4 is 5.73 Å². The zero-order valence-corrected chi connectivity index (χ0v) is 14.5. The van der Waals surface area contributed by atoms with Crippen LogP contribution in [0, 0.1) is 0 Å². The topological polar surface area (TPSA) is 26.0 Å². The molecule has 1 atom stereocenters. The Hall–Kier alpha value is -0.340. The van der Waals surface area contributed by atoms with Crippen molar-refractivity contribution < 1.29 is 0 Å². The van der Waals surface area contributed by atoms with Crippen molar-refractivity contribution in [3.63, 3.8) is 0 Å². The van der Waals surface area contributed by atoms with Gasteiger partial charge in [0.1, 0.15) is 0 Å². The summed E-state index contributed by atoms with van der Waals surface area (Å²) in [6.45, 7) is 3.03. The normalized spacial score (nSPS) is 12.6. The van der Waals surface area contributed by atoms with Gasteiger partial charge in [0.25, 0.3) is 0 Å². The number of halogens is 1. The summed E-state index contributed by atoms with van der Waals surface area (Å²) in [5, 5.41) is 0. The molecule has 1 unspecified atom stereocenters. The average molecular weight is 340 g/mol. The molecule has 0 aliphatic carbocycles. The highest BCUT2D eigenvalue weighted by molar-refractivity contribution is 9.10. The lowest BCUT2D eigenvalue weighted by Crippen LogP contribution is -2.12. The first-order chi connectivity index (χ1) is 9.77. The highest BCUT2D eigenvalue weighted by atomic mass is 79.9. The Morgan fingerprint density at radius 1 is 0.900 bits per heavy atom. The first kappa shape index (κ1) is 17.7. The van der Waals surface area contributed by atoms with Crippen LogP contribution in [0.3, 0.4) is 0 Å². The lowest BCUT2D eigenvalue weighted by Gasteiger charge is -2.15. The molecular formula is C18H30BrN. The third-order valence-corrected chi connectivity index (χ3v) is 4.56. The van der Waals surface area contributed by atoms with Gasteiger partial charge in [0.2, 0.25) is 0 Å². The van der Waals surface area contributed by atoms with Crippen LogP contribution in [-0.2, 0) is 0 Å². The number of nitrogens with two attached hydrogens (primary N) is 1. The van der Waals surface area contributed by atoms with Gasteiger partial charge in [0.15, 0.2) is 0 Å². The number of hydrogen-bond donors (Lipinski definition) is 1. The van der Waals surface area contributed by atoms with E-state index in [0.29, 0.717) is 5.92 Å². The van der Waals surface area contributed by atoms with Crippen molar-refractivity contribution in [3.8, 4) is 0 Å². The molecule has 0 spiro atoms. The van der Waals surface area contributed by atoms with Crippen LogP contribution in [0.5, 0.6) is 0 Å². The fraction of sp³-hybridized carbons (Fsp3) is 0.667. The molecule has 0 radical (unpaired) electrons. The van der Waals surface area contributed by atoms with E-state index >= 15 is 0 Å². The predicted molar refractivity (Wildman–Crippen MR) is 93.2 cm³/mol. The monoisotopic (exact) mass is 339 g/mol. The summed E-state index contributed by atoms with van der Waals surface area (Å²) in [5.74, 6) is 0.531. The minimum Gasteiger partial charge on any atom is -0.330 e. The smallest absolute Gasteiger partial charge is 0.0175 e. The molecule has 0 bridgehead atoms. The van der Waals surface area contributed by atoms with Gasteiger partial charge in [-0.2, -0.15) is 0 Å². The fourth-order valence-corrected chi connectivity index (χ4v) is 2.94.